The molecular weight excluding hydrogens is 556 g/mol. The number of dihydropyridines is 1. The smallest absolute Gasteiger partial charge is 0.277 e. The Morgan fingerprint density at radius 2 is 1.93 bits per heavy atom. The minimum Gasteiger partial charge on any atom is -0.485 e. The Morgan fingerprint density at radius 1 is 1.17 bits per heavy atom. The molecule has 13 heteroatoms. The first-order chi connectivity index (χ1) is 19.6. The van der Waals surface area contributed by atoms with Crippen LogP contribution >= 0.6 is 11.6 Å². The maximum atomic E-state index is 14.0. The van der Waals surface area contributed by atoms with Crippen molar-refractivity contribution in [1.29, 1.82) is 0 Å². The van der Waals surface area contributed by atoms with Gasteiger partial charge in [-0.05, 0) is 31.6 Å². The minimum absolute atomic E-state index is 0.0505. The standard InChI is InChI=1S/C28H28ClF2N7O3/c1-16-13-33-22(21-4-5-32-28(35-21)37-8-6-36(7-9-37)18(3)39)12-24(16)38-17(2)10-25(26(29)27(38)40)41-15-23-20(31)11-19(30)14-34-23/h4-5,10-14,22,33H,6-9,15H2,1-3H3/t22-/m1/s1. The van der Waals surface area contributed by atoms with E-state index in [0.29, 0.717) is 55.3 Å². The van der Waals surface area contributed by atoms with Crippen LogP contribution in [0.25, 0.3) is 5.70 Å². The van der Waals surface area contributed by atoms with Crippen molar-refractivity contribution >= 4 is 29.2 Å². The minimum atomic E-state index is -0.857. The number of allylic oxidation sites excluding steroid dienone is 2. The van der Waals surface area contributed by atoms with E-state index < -0.39 is 17.2 Å². The average Bonchev–Trinajstić information content (AvgIpc) is 2.96. The number of piperazine rings is 1. The van der Waals surface area contributed by atoms with Gasteiger partial charge in [-0.1, -0.05) is 11.6 Å². The van der Waals surface area contributed by atoms with E-state index in [1.54, 1.807) is 43.3 Å². The van der Waals surface area contributed by atoms with Crippen LogP contribution in [0, 0.1) is 18.6 Å². The van der Waals surface area contributed by atoms with Gasteiger partial charge < -0.3 is 19.9 Å². The first-order valence-electron chi connectivity index (χ1n) is 13.0. The van der Waals surface area contributed by atoms with Gasteiger partial charge in [-0.3, -0.25) is 19.1 Å². The number of halogens is 3. The molecule has 0 aliphatic carbocycles. The molecule has 0 aromatic carbocycles. The highest BCUT2D eigenvalue weighted by molar-refractivity contribution is 6.31. The van der Waals surface area contributed by atoms with Crippen LogP contribution in [0.2, 0.25) is 5.02 Å². The molecule has 1 N–H and O–H groups in total. The summed E-state index contributed by atoms with van der Waals surface area (Å²) in [6, 6.07) is 3.74. The summed E-state index contributed by atoms with van der Waals surface area (Å²) >= 11 is 6.41. The summed E-state index contributed by atoms with van der Waals surface area (Å²) in [7, 11) is 0. The highest BCUT2D eigenvalue weighted by Crippen LogP contribution is 2.30. The van der Waals surface area contributed by atoms with Crippen molar-refractivity contribution in [2.75, 3.05) is 31.1 Å². The van der Waals surface area contributed by atoms with Crippen LogP contribution in [0.1, 0.15) is 37.0 Å². The largest absolute Gasteiger partial charge is 0.485 e. The van der Waals surface area contributed by atoms with Gasteiger partial charge in [-0.15, -0.1) is 0 Å². The second-order valence-corrected chi connectivity index (χ2v) is 10.2. The van der Waals surface area contributed by atoms with Crippen molar-refractivity contribution in [3.63, 3.8) is 0 Å². The Morgan fingerprint density at radius 3 is 2.63 bits per heavy atom. The summed E-state index contributed by atoms with van der Waals surface area (Å²) in [5.74, 6) is -0.975. The van der Waals surface area contributed by atoms with Crippen LogP contribution < -0.4 is 20.5 Å². The number of rotatable bonds is 6. The normalized spacial score (nSPS) is 17.1. The maximum Gasteiger partial charge on any atom is 0.277 e. The van der Waals surface area contributed by atoms with Crippen LogP contribution in [-0.2, 0) is 11.4 Å². The molecule has 0 radical (unpaired) electrons. The van der Waals surface area contributed by atoms with Crippen molar-refractivity contribution in [1.82, 2.24) is 29.7 Å². The van der Waals surface area contributed by atoms with E-state index in [0.717, 1.165) is 11.8 Å². The molecule has 41 heavy (non-hydrogen) atoms. The highest BCUT2D eigenvalue weighted by Gasteiger charge is 2.24. The number of nitrogens with zero attached hydrogens (tertiary/aromatic N) is 6. The topological polar surface area (TPSA) is 105 Å². The summed E-state index contributed by atoms with van der Waals surface area (Å²) in [4.78, 5) is 41.8. The van der Waals surface area contributed by atoms with E-state index in [-0.39, 0.29) is 35.0 Å². The molecule has 5 rings (SSSR count). The molecule has 3 aromatic rings. The van der Waals surface area contributed by atoms with Crippen LogP contribution in [0.5, 0.6) is 5.75 Å². The lowest BCUT2D eigenvalue weighted by Gasteiger charge is -2.34. The fourth-order valence-electron chi connectivity index (χ4n) is 4.74. The zero-order chi connectivity index (χ0) is 29.3. The van der Waals surface area contributed by atoms with Gasteiger partial charge in [0.15, 0.2) is 5.82 Å². The molecule has 1 atom stereocenters. The SMILES string of the molecule is CC(=O)N1CCN(c2nccc([C@H]3C=C(n4c(C)cc(OCc5ncc(F)cc5F)c(Cl)c4=O)C(C)=CN3)n2)CC1. The molecule has 5 heterocycles. The fourth-order valence-corrected chi connectivity index (χ4v) is 4.93. The second-order valence-electron chi connectivity index (χ2n) is 9.77. The summed E-state index contributed by atoms with van der Waals surface area (Å²) in [6.45, 7) is 7.30. The molecule has 10 nitrogen and oxygen atoms in total. The van der Waals surface area contributed by atoms with Gasteiger partial charge in [-0.25, -0.2) is 18.7 Å². The third-order valence-electron chi connectivity index (χ3n) is 6.99. The number of carbonyl (C=O) groups excluding carboxylic acids is 1. The van der Waals surface area contributed by atoms with E-state index in [1.807, 2.05) is 17.9 Å². The number of hydrogen-bond donors (Lipinski definition) is 1. The Hall–Kier alpha value is -4.32. The van der Waals surface area contributed by atoms with E-state index >= 15 is 0 Å². The van der Waals surface area contributed by atoms with E-state index in [4.69, 9.17) is 21.3 Å². The first kappa shape index (κ1) is 28.2. The number of ether oxygens (including phenoxy) is 1. The Kier molecular flexibility index (Phi) is 8.02. The molecule has 1 amide bonds. The Bertz CT molecular complexity index is 1620. The van der Waals surface area contributed by atoms with Gasteiger partial charge in [0.25, 0.3) is 5.56 Å². The number of nitrogens with one attached hydrogen (secondary N) is 1. The predicted octanol–water partition coefficient (Wildman–Crippen LogP) is 3.61. The molecule has 0 bridgehead atoms. The molecular formula is C28H28ClF2N7O3. The first-order valence-corrected chi connectivity index (χ1v) is 13.3. The zero-order valence-electron chi connectivity index (χ0n) is 22.7. The highest BCUT2D eigenvalue weighted by atomic mass is 35.5. The van der Waals surface area contributed by atoms with Crippen LogP contribution in [0.15, 0.2) is 53.2 Å². The van der Waals surface area contributed by atoms with Crippen molar-refractivity contribution in [3.8, 4) is 5.75 Å². The van der Waals surface area contributed by atoms with Crippen molar-refractivity contribution in [2.45, 2.75) is 33.4 Å². The van der Waals surface area contributed by atoms with Gasteiger partial charge >= 0.3 is 0 Å². The van der Waals surface area contributed by atoms with Crippen molar-refractivity contribution in [2.24, 2.45) is 0 Å². The van der Waals surface area contributed by atoms with Crippen LogP contribution in [0.4, 0.5) is 14.7 Å². The van der Waals surface area contributed by atoms with Crippen molar-refractivity contribution < 1.29 is 18.3 Å². The van der Waals surface area contributed by atoms with Crippen LogP contribution in [0.3, 0.4) is 0 Å². The number of amides is 1. The number of carbonyl (C=O) groups is 1. The van der Waals surface area contributed by atoms with E-state index in [9.17, 15) is 18.4 Å². The third kappa shape index (κ3) is 5.92. The van der Waals surface area contributed by atoms with Gasteiger partial charge in [0, 0.05) is 63.3 Å². The molecule has 214 valence electrons. The molecule has 1 fully saturated rings. The number of aromatic nitrogens is 4. The van der Waals surface area contributed by atoms with Gasteiger partial charge in [0.05, 0.1) is 23.6 Å². The summed E-state index contributed by atoms with van der Waals surface area (Å²) in [6.07, 6.45) is 6.27. The monoisotopic (exact) mass is 583 g/mol. The quantitative estimate of drug-likeness (QED) is 0.469. The summed E-state index contributed by atoms with van der Waals surface area (Å²) in [5, 5.41) is 3.12. The Labute approximate surface area is 239 Å². The number of pyridine rings is 2. The second kappa shape index (κ2) is 11.7. The molecule has 0 unspecified atom stereocenters. The summed E-state index contributed by atoms with van der Waals surface area (Å²) < 4.78 is 34.2. The molecule has 1 saturated heterocycles. The molecule has 0 saturated carbocycles. The predicted molar refractivity (Wildman–Crippen MR) is 149 cm³/mol. The third-order valence-corrected chi connectivity index (χ3v) is 7.34. The lowest BCUT2D eigenvalue weighted by molar-refractivity contribution is -0.129. The lowest BCUT2D eigenvalue weighted by Crippen LogP contribution is -2.48. The molecule has 0 spiro atoms. The molecule has 2 aliphatic heterocycles. The zero-order valence-corrected chi connectivity index (χ0v) is 23.5. The summed E-state index contributed by atoms with van der Waals surface area (Å²) in [5.41, 5.74) is 2.02. The van der Waals surface area contributed by atoms with Gasteiger partial charge in [0.2, 0.25) is 11.9 Å². The van der Waals surface area contributed by atoms with Crippen molar-refractivity contribution in [3.05, 3.63) is 92.5 Å². The molecule has 3 aromatic heterocycles. The lowest BCUT2D eigenvalue weighted by atomic mass is 10.0. The molecule has 2 aliphatic rings. The maximum absolute atomic E-state index is 14.0. The average molecular weight is 584 g/mol. The number of anilines is 1. The Balaban J connectivity index is 1.39. The van der Waals surface area contributed by atoms with E-state index in [1.165, 1.54) is 4.57 Å². The number of aryl methyl sites for hydroxylation is 1. The van der Waals surface area contributed by atoms with Gasteiger partial charge in [-0.2, -0.15) is 0 Å². The van der Waals surface area contributed by atoms with Gasteiger partial charge in [0.1, 0.15) is 28.9 Å². The van der Waals surface area contributed by atoms with Crippen LogP contribution in [-0.4, -0.2) is 56.5 Å². The number of hydrogen-bond acceptors (Lipinski definition) is 8. The fraction of sp³-hybridized carbons (Fsp3) is 0.321. The van der Waals surface area contributed by atoms with E-state index in [2.05, 4.69) is 15.3 Å².